The predicted molar refractivity (Wildman–Crippen MR) is 259 cm³/mol. The summed E-state index contributed by atoms with van der Waals surface area (Å²) < 4.78 is 8.30. The van der Waals surface area contributed by atoms with Crippen molar-refractivity contribution >= 4 is 35.3 Å². The Balaban J connectivity index is 0.000000233. The first kappa shape index (κ1) is 44.4. The fourth-order valence-electron chi connectivity index (χ4n) is 8.13. The zero-order valence-corrected chi connectivity index (χ0v) is 40.7. The maximum Gasteiger partial charge on any atom is 0.0798 e. The van der Waals surface area contributed by atoms with Gasteiger partial charge < -0.3 is 14.0 Å². The molecule has 0 amide bonds. The van der Waals surface area contributed by atoms with Crippen molar-refractivity contribution in [1.29, 1.82) is 0 Å². The SMILES string of the molecule is CC(C)Cc1cc(-c2[c-]cccc2)ncc1[Si](C)(C)C.Cc1ccc2c(-c3nc4ccccc4n3-c3c(-c4ccccc4)cc(C(C)(C)C)cc3-c3ccccc3)[c-]oc2c1.[Ir]. The van der Waals surface area contributed by atoms with Crippen LogP contribution in [0.4, 0.5) is 0 Å². The van der Waals surface area contributed by atoms with Gasteiger partial charge in [0.05, 0.1) is 30.6 Å². The first-order valence-corrected chi connectivity index (χ1v) is 24.9. The Bertz CT molecular complexity index is 2880. The summed E-state index contributed by atoms with van der Waals surface area (Å²) in [6.45, 7) is 20.6. The van der Waals surface area contributed by atoms with Gasteiger partial charge in [-0.15, -0.1) is 42.0 Å². The second-order valence-corrected chi connectivity index (χ2v) is 23.6. The van der Waals surface area contributed by atoms with E-state index >= 15 is 0 Å². The minimum atomic E-state index is -1.34. The topological polar surface area (TPSA) is 43.9 Å². The average molecular weight is 1010 g/mol. The van der Waals surface area contributed by atoms with E-state index in [9.17, 15) is 0 Å². The Morgan fingerprint density at radius 3 is 1.97 bits per heavy atom. The van der Waals surface area contributed by atoms with Crippen molar-refractivity contribution in [2.75, 3.05) is 0 Å². The number of fused-ring (bicyclic) bond motifs is 2. The molecule has 0 bridgehead atoms. The van der Waals surface area contributed by atoms with Gasteiger partial charge in [-0.3, -0.25) is 4.98 Å². The second kappa shape index (κ2) is 18.4. The zero-order chi connectivity index (χ0) is 42.9. The molecule has 0 unspecified atom stereocenters. The molecule has 3 aromatic heterocycles. The van der Waals surface area contributed by atoms with Crippen LogP contribution >= 0.6 is 0 Å². The maximum absolute atomic E-state index is 5.99. The van der Waals surface area contributed by atoms with Crippen LogP contribution in [0.5, 0.6) is 0 Å². The molecular formula is C56H55IrN3OSi-2. The molecule has 0 aliphatic heterocycles. The van der Waals surface area contributed by atoms with E-state index in [1.807, 2.05) is 24.3 Å². The molecule has 0 saturated heterocycles. The number of pyridine rings is 1. The van der Waals surface area contributed by atoms with E-state index in [-0.39, 0.29) is 25.5 Å². The first-order valence-electron chi connectivity index (χ1n) is 21.4. The summed E-state index contributed by atoms with van der Waals surface area (Å²) in [5.74, 6) is 1.48. The quantitative estimate of drug-likeness (QED) is 0.113. The summed E-state index contributed by atoms with van der Waals surface area (Å²) in [6, 6.07) is 54.3. The Hall–Kier alpha value is -5.65. The first-order chi connectivity index (χ1) is 29.3. The summed E-state index contributed by atoms with van der Waals surface area (Å²) in [5.41, 5.74) is 15.3. The maximum atomic E-state index is 5.99. The molecule has 0 fully saturated rings. The third-order valence-corrected chi connectivity index (χ3v) is 13.3. The summed E-state index contributed by atoms with van der Waals surface area (Å²) in [4.78, 5) is 9.90. The minimum Gasteiger partial charge on any atom is -0.557 e. The summed E-state index contributed by atoms with van der Waals surface area (Å²) in [7, 11) is -1.34. The Morgan fingerprint density at radius 1 is 0.742 bits per heavy atom. The van der Waals surface area contributed by atoms with Crippen molar-refractivity contribution in [3.05, 3.63) is 181 Å². The predicted octanol–water partition coefficient (Wildman–Crippen LogP) is 14.5. The van der Waals surface area contributed by atoms with Gasteiger partial charge in [0.25, 0.3) is 0 Å². The van der Waals surface area contributed by atoms with Gasteiger partial charge >= 0.3 is 0 Å². The van der Waals surface area contributed by atoms with E-state index in [2.05, 4.69) is 211 Å². The average Bonchev–Trinajstić information content (AvgIpc) is 3.84. The van der Waals surface area contributed by atoms with Crippen LogP contribution in [-0.2, 0) is 31.9 Å². The van der Waals surface area contributed by atoms with E-state index < -0.39 is 8.07 Å². The molecular weight excluding hydrogens is 951 g/mol. The monoisotopic (exact) mass is 1010 g/mol. The smallest absolute Gasteiger partial charge is 0.0798 e. The van der Waals surface area contributed by atoms with E-state index in [1.54, 1.807) is 0 Å². The number of rotatable bonds is 8. The Kier molecular flexibility index (Phi) is 13.2. The van der Waals surface area contributed by atoms with Crippen molar-refractivity contribution in [3.8, 4) is 50.6 Å². The van der Waals surface area contributed by atoms with Gasteiger partial charge in [-0.1, -0.05) is 167 Å². The van der Waals surface area contributed by atoms with Crippen molar-refractivity contribution in [3.63, 3.8) is 0 Å². The van der Waals surface area contributed by atoms with Crippen LogP contribution in [-0.4, -0.2) is 22.6 Å². The molecule has 9 rings (SSSR count). The number of nitrogens with zero attached hydrogens (tertiary/aromatic N) is 3. The molecule has 6 heteroatoms. The van der Waals surface area contributed by atoms with Crippen LogP contribution in [0.25, 0.3) is 72.6 Å². The van der Waals surface area contributed by atoms with Crippen LogP contribution in [0, 0.1) is 25.2 Å². The number of hydrogen-bond donors (Lipinski definition) is 0. The van der Waals surface area contributed by atoms with Crippen LogP contribution in [0.1, 0.15) is 51.3 Å². The van der Waals surface area contributed by atoms with Crippen molar-refractivity contribution in [2.24, 2.45) is 5.92 Å². The molecule has 0 aliphatic carbocycles. The summed E-state index contributed by atoms with van der Waals surface area (Å²) in [5, 5.41) is 2.49. The third-order valence-electron chi connectivity index (χ3n) is 11.2. The molecule has 1 radical (unpaired) electrons. The van der Waals surface area contributed by atoms with Gasteiger partial charge in [0, 0.05) is 49.3 Å². The van der Waals surface area contributed by atoms with Gasteiger partial charge in [0.2, 0.25) is 0 Å². The molecule has 0 spiro atoms. The van der Waals surface area contributed by atoms with Gasteiger partial charge in [-0.2, -0.15) is 0 Å². The molecule has 62 heavy (non-hydrogen) atoms. The number of benzene rings is 6. The third kappa shape index (κ3) is 9.39. The van der Waals surface area contributed by atoms with Crippen LogP contribution in [0.3, 0.4) is 0 Å². The number of imidazole rings is 1. The minimum absolute atomic E-state index is 0. The van der Waals surface area contributed by atoms with Crippen LogP contribution in [0.15, 0.2) is 156 Å². The normalized spacial score (nSPS) is 11.7. The van der Waals surface area contributed by atoms with Gasteiger partial charge in [0.1, 0.15) is 0 Å². The number of para-hydroxylation sites is 2. The standard InChI is InChI=1S/C38H31N2O.C18H24NSi.Ir/c1-25-19-20-29-32(24-41-35(29)21-25)37-39-33-17-11-12-18-34(33)40(37)36-30(26-13-7-5-8-14-26)22-28(38(2,3)4)23-31(36)27-15-9-6-10-16-27;1-14(2)11-16-12-17(15-9-7-6-8-10-15)19-13-18(16)20(3,4)5;/h5-23H,1-4H3;6-9,12-14H,11H2,1-5H3;/q2*-1;. The summed E-state index contributed by atoms with van der Waals surface area (Å²) in [6.07, 6.45) is 6.46. The van der Waals surface area contributed by atoms with Crippen LogP contribution < -0.4 is 5.19 Å². The molecule has 3 heterocycles. The van der Waals surface area contributed by atoms with Crippen LogP contribution in [0.2, 0.25) is 19.6 Å². The molecule has 0 aliphatic rings. The van der Waals surface area contributed by atoms with Crippen molar-refractivity contribution in [2.45, 2.75) is 73.0 Å². The molecule has 0 N–H and O–H groups in total. The number of hydrogen-bond acceptors (Lipinski definition) is 3. The van der Waals surface area contributed by atoms with Gasteiger partial charge in [-0.05, 0) is 76.5 Å². The van der Waals surface area contributed by atoms with E-state index in [1.165, 1.54) is 16.3 Å². The zero-order valence-electron chi connectivity index (χ0n) is 37.3. The van der Waals surface area contributed by atoms with Gasteiger partial charge in [0.15, 0.2) is 0 Å². The number of aryl methyl sites for hydroxylation is 1. The fourth-order valence-corrected chi connectivity index (χ4v) is 9.72. The van der Waals surface area contributed by atoms with E-state index in [4.69, 9.17) is 9.40 Å². The Morgan fingerprint density at radius 2 is 1.37 bits per heavy atom. The second-order valence-electron chi connectivity index (χ2n) is 18.6. The molecule has 315 valence electrons. The molecule has 6 aromatic carbocycles. The van der Waals surface area contributed by atoms with Crippen molar-refractivity contribution in [1.82, 2.24) is 14.5 Å². The van der Waals surface area contributed by atoms with E-state index in [0.717, 1.165) is 84.6 Å². The number of furan rings is 1. The fraction of sp³-hybridized carbons (Fsp3) is 0.214. The molecule has 0 saturated carbocycles. The molecule has 9 aromatic rings. The molecule has 0 atom stereocenters. The van der Waals surface area contributed by atoms with E-state index in [0.29, 0.717) is 5.92 Å². The summed E-state index contributed by atoms with van der Waals surface area (Å²) >= 11 is 0. The Labute approximate surface area is 382 Å². The largest absolute Gasteiger partial charge is 0.557 e. The molecule has 4 nitrogen and oxygen atoms in total. The van der Waals surface area contributed by atoms with Gasteiger partial charge in [-0.25, -0.2) is 0 Å². The van der Waals surface area contributed by atoms with Crippen molar-refractivity contribution < 1.29 is 24.5 Å². The number of aromatic nitrogens is 3.